The number of allylic oxidation sites excluding steroid dienone is 3. The summed E-state index contributed by atoms with van der Waals surface area (Å²) >= 11 is 0. The molecule has 2 heterocycles. The van der Waals surface area contributed by atoms with E-state index in [1.165, 1.54) is 12.0 Å². The largest absolute Gasteiger partial charge is 0.496 e. The highest BCUT2D eigenvalue weighted by Crippen LogP contribution is 2.42. The van der Waals surface area contributed by atoms with Gasteiger partial charge in [0.2, 0.25) is 0 Å². The molecule has 0 aliphatic heterocycles. The van der Waals surface area contributed by atoms with Gasteiger partial charge in [-0.05, 0) is 49.8 Å². The first-order valence-corrected chi connectivity index (χ1v) is 11.3. The maximum atomic E-state index is 6.62. The predicted molar refractivity (Wildman–Crippen MR) is 127 cm³/mol. The number of hydrogen-bond donors (Lipinski definition) is 0. The van der Waals surface area contributed by atoms with Gasteiger partial charge in [-0.15, -0.1) is 0 Å². The zero-order valence-electron chi connectivity index (χ0n) is 18.2. The van der Waals surface area contributed by atoms with Crippen molar-refractivity contribution in [1.82, 2.24) is 0 Å². The van der Waals surface area contributed by atoms with Crippen molar-refractivity contribution in [1.29, 1.82) is 0 Å². The molecule has 0 N–H and O–H groups in total. The summed E-state index contributed by atoms with van der Waals surface area (Å²) in [6, 6.07) is 18.5. The summed E-state index contributed by atoms with van der Waals surface area (Å²) in [5, 5.41) is 3.26. The van der Waals surface area contributed by atoms with Gasteiger partial charge in [0, 0.05) is 21.7 Å². The van der Waals surface area contributed by atoms with Crippen LogP contribution in [0.3, 0.4) is 0 Å². The average Bonchev–Trinajstić information content (AvgIpc) is 3.54. The van der Waals surface area contributed by atoms with Crippen LogP contribution >= 0.6 is 0 Å². The van der Waals surface area contributed by atoms with E-state index in [1.54, 1.807) is 7.11 Å². The molecule has 0 amide bonds. The van der Waals surface area contributed by atoms with E-state index in [1.807, 2.05) is 18.2 Å². The van der Waals surface area contributed by atoms with Gasteiger partial charge in [-0.2, -0.15) is 0 Å². The second-order valence-corrected chi connectivity index (χ2v) is 8.19. The molecule has 0 spiro atoms. The van der Waals surface area contributed by atoms with Crippen molar-refractivity contribution in [2.24, 2.45) is 0 Å². The smallest absolute Gasteiger partial charge is 0.177 e. The third-order valence-electron chi connectivity index (χ3n) is 6.14. The van der Waals surface area contributed by atoms with Crippen molar-refractivity contribution in [2.75, 3.05) is 7.11 Å². The molecule has 0 unspecified atom stereocenters. The Kier molecular flexibility index (Phi) is 5.42. The maximum Gasteiger partial charge on any atom is 0.177 e. The van der Waals surface area contributed by atoms with Crippen LogP contribution in [0, 0.1) is 0 Å². The van der Waals surface area contributed by atoms with Crippen molar-refractivity contribution in [2.45, 2.75) is 45.4 Å². The van der Waals surface area contributed by atoms with Crippen molar-refractivity contribution in [3.63, 3.8) is 0 Å². The van der Waals surface area contributed by atoms with E-state index in [0.29, 0.717) is 0 Å². The lowest BCUT2D eigenvalue weighted by molar-refractivity contribution is 0.299. The van der Waals surface area contributed by atoms with Gasteiger partial charge in [0.15, 0.2) is 11.5 Å². The van der Waals surface area contributed by atoms with E-state index >= 15 is 0 Å². The molecule has 0 atom stereocenters. The molecule has 4 aromatic rings. The molecular weight excluding hydrogens is 384 g/mol. The quantitative estimate of drug-likeness (QED) is 0.285. The summed E-state index contributed by atoms with van der Waals surface area (Å²) in [5.41, 5.74) is 3.34. The topological polar surface area (TPSA) is 35.5 Å². The molecule has 158 valence electrons. The summed E-state index contributed by atoms with van der Waals surface area (Å²) < 4.78 is 18.8. The van der Waals surface area contributed by atoms with Gasteiger partial charge in [-0.1, -0.05) is 61.9 Å². The minimum absolute atomic E-state index is 0.762. The number of para-hydroxylation sites is 1. The van der Waals surface area contributed by atoms with Gasteiger partial charge < -0.3 is 13.6 Å². The van der Waals surface area contributed by atoms with E-state index in [4.69, 9.17) is 13.6 Å². The van der Waals surface area contributed by atoms with E-state index in [9.17, 15) is 0 Å². The molecule has 3 heteroatoms. The first kappa shape index (κ1) is 19.7. The number of hydrogen-bond acceptors (Lipinski definition) is 3. The fraction of sp³-hybridized carbons (Fsp3) is 0.286. The summed E-state index contributed by atoms with van der Waals surface area (Å²) in [6.45, 7) is 2.22. The van der Waals surface area contributed by atoms with Crippen LogP contribution in [0.5, 0.6) is 0 Å². The van der Waals surface area contributed by atoms with Crippen molar-refractivity contribution >= 4 is 27.3 Å². The number of methoxy groups -OCH3 is 1. The number of ether oxygens (including phenoxy) is 1. The Hall–Kier alpha value is -3.20. The van der Waals surface area contributed by atoms with E-state index < -0.39 is 0 Å². The SMILES string of the molecule is CCCC/C(=C(/OC)C1=CCCC1)c1oc(-c2cc3ccccc3o2)c2ccccc12. The van der Waals surface area contributed by atoms with E-state index in [-0.39, 0.29) is 0 Å². The Labute approximate surface area is 183 Å². The molecule has 1 aliphatic rings. The van der Waals surface area contributed by atoms with Crippen LogP contribution in [0.4, 0.5) is 0 Å². The molecule has 31 heavy (non-hydrogen) atoms. The van der Waals surface area contributed by atoms with E-state index in [0.717, 1.165) is 82.5 Å². The lowest BCUT2D eigenvalue weighted by Gasteiger charge is -2.14. The summed E-state index contributed by atoms with van der Waals surface area (Å²) in [6.07, 6.45) is 8.82. The Morgan fingerprint density at radius 3 is 2.55 bits per heavy atom. The van der Waals surface area contributed by atoms with Crippen molar-refractivity contribution < 1.29 is 13.6 Å². The Balaban J connectivity index is 1.73. The lowest BCUT2D eigenvalue weighted by atomic mass is 9.98. The molecule has 0 radical (unpaired) electrons. The highest BCUT2D eigenvalue weighted by Gasteiger charge is 2.24. The summed E-state index contributed by atoms with van der Waals surface area (Å²) in [4.78, 5) is 0. The minimum Gasteiger partial charge on any atom is -0.496 e. The van der Waals surface area contributed by atoms with Crippen LogP contribution in [-0.4, -0.2) is 7.11 Å². The van der Waals surface area contributed by atoms with E-state index in [2.05, 4.69) is 49.4 Å². The van der Waals surface area contributed by atoms with Gasteiger partial charge in [0.25, 0.3) is 0 Å². The summed E-state index contributed by atoms with van der Waals surface area (Å²) in [7, 11) is 1.78. The molecule has 0 saturated carbocycles. The fourth-order valence-electron chi connectivity index (χ4n) is 4.60. The molecule has 0 fully saturated rings. The highest BCUT2D eigenvalue weighted by molar-refractivity contribution is 6.01. The van der Waals surface area contributed by atoms with Crippen LogP contribution in [0.1, 0.15) is 51.2 Å². The molecule has 5 rings (SSSR count). The van der Waals surface area contributed by atoms with Crippen LogP contribution in [0.2, 0.25) is 0 Å². The van der Waals surface area contributed by atoms with Crippen molar-refractivity contribution in [3.8, 4) is 11.5 Å². The number of benzene rings is 2. The average molecular weight is 413 g/mol. The first-order valence-electron chi connectivity index (χ1n) is 11.3. The van der Waals surface area contributed by atoms with Gasteiger partial charge in [-0.25, -0.2) is 0 Å². The highest BCUT2D eigenvalue weighted by atomic mass is 16.5. The zero-order valence-corrected chi connectivity index (χ0v) is 18.2. The molecule has 2 aromatic heterocycles. The number of furan rings is 2. The number of unbranched alkanes of at least 4 members (excludes halogenated alkanes) is 1. The normalized spacial score (nSPS) is 14.8. The maximum absolute atomic E-state index is 6.62. The van der Waals surface area contributed by atoms with Crippen LogP contribution in [0.15, 0.2) is 80.8 Å². The van der Waals surface area contributed by atoms with Crippen molar-refractivity contribution in [3.05, 3.63) is 77.8 Å². The second-order valence-electron chi connectivity index (χ2n) is 8.19. The summed E-state index contributed by atoms with van der Waals surface area (Å²) in [5.74, 6) is 3.44. The molecule has 3 nitrogen and oxygen atoms in total. The standard InChI is InChI=1S/C28H28O3/c1-3-4-14-23(26(29-2)19-11-5-6-12-19)27-21-15-8-9-16-22(21)28(31-27)25-18-20-13-7-10-17-24(20)30-25/h7-11,13,15-18H,3-6,12,14H2,1-2H3/b26-23-. The lowest BCUT2D eigenvalue weighted by Crippen LogP contribution is -1.98. The second kappa shape index (κ2) is 8.50. The molecule has 0 bridgehead atoms. The van der Waals surface area contributed by atoms with Gasteiger partial charge in [0.05, 0.1) is 7.11 Å². The third-order valence-corrected chi connectivity index (χ3v) is 6.14. The predicted octanol–water partition coefficient (Wildman–Crippen LogP) is 8.50. The van der Waals surface area contributed by atoms with Gasteiger partial charge in [-0.3, -0.25) is 0 Å². The Bertz CT molecular complexity index is 1250. The van der Waals surface area contributed by atoms with Gasteiger partial charge >= 0.3 is 0 Å². The minimum atomic E-state index is 0.762. The third kappa shape index (κ3) is 3.59. The number of rotatable bonds is 7. The van der Waals surface area contributed by atoms with Crippen LogP contribution in [0.25, 0.3) is 38.8 Å². The van der Waals surface area contributed by atoms with Crippen LogP contribution < -0.4 is 0 Å². The van der Waals surface area contributed by atoms with Crippen LogP contribution in [-0.2, 0) is 4.74 Å². The fourth-order valence-corrected chi connectivity index (χ4v) is 4.60. The molecule has 0 saturated heterocycles. The Morgan fingerprint density at radius 1 is 1.00 bits per heavy atom. The van der Waals surface area contributed by atoms with Gasteiger partial charge in [0.1, 0.15) is 17.1 Å². The Morgan fingerprint density at radius 2 is 1.81 bits per heavy atom. The molecule has 2 aromatic carbocycles. The molecule has 1 aliphatic carbocycles. The first-order chi connectivity index (χ1) is 15.3. The zero-order chi connectivity index (χ0) is 21.2. The monoisotopic (exact) mass is 412 g/mol. The number of fused-ring (bicyclic) bond motifs is 2. The molecular formula is C28H28O3.